The highest BCUT2D eigenvalue weighted by atomic mass is 35.5. The van der Waals surface area contributed by atoms with Crippen molar-refractivity contribution < 1.29 is 0 Å². The van der Waals surface area contributed by atoms with E-state index in [0.717, 1.165) is 12.5 Å². The van der Waals surface area contributed by atoms with E-state index in [2.05, 4.69) is 24.2 Å². The second-order valence-corrected chi connectivity index (χ2v) is 6.03. The molecule has 2 atom stereocenters. The molecule has 4 heteroatoms. The number of nitrogens with zero attached hydrogens (tertiary/aromatic N) is 1. The van der Waals surface area contributed by atoms with Gasteiger partial charge in [-0.1, -0.05) is 29.3 Å². The maximum atomic E-state index is 6.04. The molecule has 2 rings (SSSR count). The van der Waals surface area contributed by atoms with Crippen LogP contribution in [0.1, 0.15) is 24.9 Å². The first kappa shape index (κ1) is 14.1. The van der Waals surface area contributed by atoms with E-state index in [1.165, 1.54) is 25.1 Å². The number of hydrogen-bond acceptors (Lipinski definition) is 2. The molecule has 100 valence electrons. The van der Waals surface area contributed by atoms with Crippen LogP contribution in [0.25, 0.3) is 0 Å². The van der Waals surface area contributed by atoms with Crippen molar-refractivity contribution in [1.82, 2.24) is 10.2 Å². The SMILES string of the molecule is CC(NCC1CCN(C)C1)c1ccc(Cl)c(Cl)c1. The molecule has 2 unspecified atom stereocenters. The predicted molar refractivity (Wildman–Crippen MR) is 78.5 cm³/mol. The monoisotopic (exact) mass is 286 g/mol. The van der Waals surface area contributed by atoms with Gasteiger partial charge in [-0.2, -0.15) is 0 Å². The average molecular weight is 287 g/mol. The fourth-order valence-corrected chi connectivity index (χ4v) is 2.74. The minimum Gasteiger partial charge on any atom is -0.310 e. The van der Waals surface area contributed by atoms with Gasteiger partial charge in [0, 0.05) is 12.6 Å². The summed E-state index contributed by atoms with van der Waals surface area (Å²) in [4.78, 5) is 2.39. The average Bonchev–Trinajstić information content (AvgIpc) is 2.75. The number of rotatable bonds is 4. The normalized spacial score (nSPS) is 22.3. The minimum absolute atomic E-state index is 0.311. The maximum Gasteiger partial charge on any atom is 0.0595 e. The highest BCUT2D eigenvalue weighted by Gasteiger charge is 2.19. The summed E-state index contributed by atoms with van der Waals surface area (Å²) in [6.45, 7) is 5.64. The van der Waals surface area contributed by atoms with Crippen molar-refractivity contribution in [1.29, 1.82) is 0 Å². The van der Waals surface area contributed by atoms with E-state index in [1.807, 2.05) is 18.2 Å². The summed E-state index contributed by atoms with van der Waals surface area (Å²) in [6, 6.07) is 6.15. The number of hydrogen-bond donors (Lipinski definition) is 1. The van der Waals surface area contributed by atoms with E-state index in [9.17, 15) is 0 Å². The van der Waals surface area contributed by atoms with Gasteiger partial charge >= 0.3 is 0 Å². The molecule has 1 saturated heterocycles. The third kappa shape index (κ3) is 3.61. The second-order valence-electron chi connectivity index (χ2n) is 5.22. The Balaban J connectivity index is 1.87. The quantitative estimate of drug-likeness (QED) is 0.910. The molecule has 0 saturated carbocycles. The molecule has 2 nitrogen and oxygen atoms in total. The van der Waals surface area contributed by atoms with Gasteiger partial charge in [0.05, 0.1) is 10.0 Å². The summed E-state index contributed by atoms with van der Waals surface area (Å²) >= 11 is 12.0. The first-order valence-corrected chi connectivity index (χ1v) is 7.18. The van der Waals surface area contributed by atoms with Crippen molar-refractivity contribution in [3.63, 3.8) is 0 Å². The number of benzene rings is 1. The van der Waals surface area contributed by atoms with Gasteiger partial charge in [-0.05, 0) is 57.1 Å². The number of nitrogens with one attached hydrogen (secondary N) is 1. The third-order valence-corrected chi connectivity index (χ3v) is 4.38. The number of likely N-dealkylation sites (tertiary alicyclic amines) is 1. The van der Waals surface area contributed by atoms with E-state index >= 15 is 0 Å². The van der Waals surface area contributed by atoms with Crippen LogP contribution in [0, 0.1) is 5.92 Å². The van der Waals surface area contributed by atoms with E-state index in [0.29, 0.717) is 16.1 Å². The lowest BCUT2D eigenvalue weighted by molar-refractivity contribution is 0.382. The van der Waals surface area contributed by atoms with E-state index in [-0.39, 0.29) is 0 Å². The number of halogens is 2. The molecule has 1 aliphatic rings. The predicted octanol–water partition coefficient (Wildman–Crippen LogP) is 3.60. The Bertz CT molecular complexity index is 409. The first-order chi connectivity index (χ1) is 8.56. The smallest absolute Gasteiger partial charge is 0.0595 e. The molecule has 1 fully saturated rings. The highest BCUT2D eigenvalue weighted by Crippen LogP contribution is 2.25. The summed E-state index contributed by atoms with van der Waals surface area (Å²) in [5.74, 6) is 0.764. The Hall–Kier alpha value is -0.280. The van der Waals surface area contributed by atoms with Crippen LogP contribution in [0.5, 0.6) is 0 Å². The zero-order valence-corrected chi connectivity index (χ0v) is 12.4. The lowest BCUT2D eigenvalue weighted by Gasteiger charge is -2.18. The molecule has 0 aromatic heterocycles. The van der Waals surface area contributed by atoms with Gasteiger partial charge in [0.25, 0.3) is 0 Å². The topological polar surface area (TPSA) is 15.3 Å². The molecule has 1 aliphatic heterocycles. The summed E-state index contributed by atoms with van der Waals surface area (Å²) in [5, 5.41) is 4.82. The van der Waals surface area contributed by atoms with Gasteiger partial charge in [-0.25, -0.2) is 0 Å². The van der Waals surface area contributed by atoms with Crippen LogP contribution in [-0.2, 0) is 0 Å². The van der Waals surface area contributed by atoms with E-state index in [1.54, 1.807) is 0 Å². The molecule has 0 amide bonds. The summed E-state index contributed by atoms with van der Waals surface area (Å²) in [6.07, 6.45) is 1.29. The Labute approximate surface area is 119 Å². The largest absolute Gasteiger partial charge is 0.310 e. The standard InChI is InChI=1S/C14H20Cl2N2/c1-10(12-3-4-13(15)14(16)7-12)17-8-11-5-6-18(2)9-11/h3-4,7,10-11,17H,5-6,8-9H2,1-2H3. The van der Waals surface area contributed by atoms with Crippen molar-refractivity contribution in [2.24, 2.45) is 5.92 Å². The molecule has 18 heavy (non-hydrogen) atoms. The molecule has 0 bridgehead atoms. The molecule has 1 N–H and O–H groups in total. The van der Waals surface area contributed by atoms with Gasteiger partial charge in [0.15, 0.2) is 0 Å². The molecule has 1 aromatic rings. The van der Waals surface area contributed by atoms with Gasteiger partial charge in [-0.3, -0.25) is 0 Å². The third-order valence-electron chi connectivity index (χ3n) is 3.65. The van der Waals surface area contributed by atoms with Crippen molar-refractivity contribution in [3.8, 4) is 0 Å². The van der Waals surface area contributed by atoms with Crippen molar-refractivity contribution in [3.05, 3.63) is 33.8 Å². The van der Waals surface area contributed by atoms with Crippen LogP contribution < -0.4 is 5.32 Å². The van der Waals surface area contributed by atoms with Crippen LogP contribution in [0.15, 0.2) is 18.2 Å². The highest BCUT2D eigenvalue weighted by molar-refractivity contribution is 6.42. The van der Waals surface area contributed by atoms with Crippen LogP contribution >= 0.6 is 23.2 Å². The van der Waals surface area contributed by atoms with E-state index < -0.39 is 0 Å². The van der Waals surface area contributed by atoms with Crippen molar-refractivity contribution >= 4 is 23.2 Å². The molecule has 1 heterocycles. The molecular formula is C14H20Cl2N2. The van der Waals surface area contributed by atoms with Gasteiger partial charge in [0.1, 0.15) is 0 Å². The molecule has 0 spiro atoms. The maximum absolute atomic E-state index is 6.04. The molecule has 0 aliphatic carbocycles. The molecule has 1 aromatic carbocycles. The molecular weight excluding hydrogens is 267 g/mol. The van der Waals surface area contributed by atoms with Crippen molar-refractivity contribution in [2.45, 2.75) is 19.4 Å². The summed E-state index contributed by atoms with van der Waals surface area (Å²) in [5.41, 5.74) is 1.19. The Kier molecular flexibility index (Phi) is 4.91. The Morgan fingerprint density at radius 1 is 1.39 bits per heavy atom. The summed E-state index contributed by atoms with van der Waals surface area (Å²) < 4.78 is 0. The first-order valence-electron chi connectivity index (χ1n) is 6.43. The second kappa shape index (κ2) is 6.25. The lowest BCUT2D eigenvalue weighted by atomic mass is 10.1. The van der Waals surface area contributed by atoms with E-state index in [4.69, 9.17) is 23.2 Å². The van der Waals surface area contributed by atoms with Gasteiger partial charge < -0.3 is 10.2 Å². The fourth-order valence-electron chi connectivity index (χ4n) is 2.44. The van der Waals surface area contributed by atoms with Crippen LogP contribution in [0.3, 0.4) is 0 Å². The minimum atomic E-state index is 0.311. The zero-order chi connectivity index (χ0) is 13.1. The zero-order valence-electron chi connectivity index (χ0n) is 10.9. The van der Waals surface area contributed by atoms with Crippen LogP contribution in [0.4, 0.5) is 0 Å². The fraction of sp³-hybridized carbons (Fsp3) is 0.571. The Morgan fingerprint density at radius 3 is 2.78 bits per heavy atom. The van der Waals surface area contributed by atoms with Crippen molar-refractivity contribution in [2.75, 3.05) is 26.7 Å². The van der Waals surface area contributed by atoms with Crippen LogP contribution in [-0.4, -0.2) is 31.6 Å². The van der Waals surface area contributed by atoms with Gasteiger partial charge in [-0.15, -0.1) is 0 Å². The molecule has 0 radical (unpaired) electrons. The Morgan fingerprint density at radius 2 is 2.17 bits per heavy atom. The van der Waals surface area contributed by atoms with Gasteiger partial charge in [0.2, 0.25) is 0 Å². The van der Waals surface area contributed by atoms with Crippen LogP contribution in [0.2, 0.25) is 10.0 Å². The lowest BCUT2D eigenvalue weighted by Crippen LogP contribution is -2.27. The summed E-state index contributed by atoms with van der Waals surface area (Å²) in [7, 11) is 2.18.